The van der Waals surface area contributed by atoms with Gasteiger partial charge in [0.15, 0.2) is 5.65 Å². The number of pyridine rings is 1. The van der Waals surface area contributed by atoms with Crippen LogP contribution in [0.4, 0.5) is 5.82 Å². The van der Waals surface area contributed by atoms with Crippen LogP contribution in [0.5, 0.6) is 0 Å². The minimum Gasteiger partial charge on any atom is -0.348 e. The SMILES string of the molecule is C[C@@H]1CN(c2ccc(I)c3ncnn23)Cc2c3ccc(Br)cc3nn21. The molecule has 0 saturated carbocycles. The number of nitrogens with zero attached hydrogens (tertiary/aromatic N) is 6. The Morgan fingerprint density at radius 1 is 1.24 bits per heavy atom. The highest BCUT2D eigenvalue weighted by molar-refractivity contribution is 14.1. The average molecular weight is 509 g/mol. The maximum atomic E-state index is 4.81. The highest BCUT2D eigenvalue weighted by Gasteiger charge is 2.27. The lowest BCUT2D eigenvalue weighted by Crippen LogP contribution is -2.37. The summed E-state index contributed by atoms with van der Waals surface area (Å²) in [5.74, 6) is 1.07. The molecule has 4 heterocycles. The second-order valence-electron chi connectivity index (χ2n) is 6.32. The van der Waals surface area contributed by atoms with Crippen molar-refractivity contribution in [2.45, 2.75) is 19.5 Å². The third kappa shape index (κ3) is 2.37. The number of rotatable bonds is 1. The molecule has 5 rings (SSSR count). The van der Waals surface area contributed by atoms with Crippen molar-refractivity contribution in [2.75, 3.05) is 11.4 Å². The Labute approximate surface area is 166 Å². The van der Waals surface area contributed by atoms with Gasteiger partial charge in [-0.1, -0.05) is 15.9 Å². The average Bonchev–Trinajstić information content (AvgIpc) is 3.20. The van der Waals surface area contributed by atoms with Crippen LogP contribution >= 0.6 is 38.5 Å². The van der Waals surface area contributed by atoms with Gasteiger partial charge in [0.2, 0.25) is 0 Å². The normalized spacial score (nSPS) is 17.4. The third-order valence-electron chi connectivity index (χ3n) is 4.69. The fraction of sp³-hybridized carbons (Fsp3) is 0.235. The molecule has 0 fully saturated rings. The minimum absolute atomic E-state index is 0.285. The topological polar surface area (TPSA) is 51.3 Å². The van der Waals surface area contributed by atoms with Crippen molar-refractivity contribution >= 4 is 60.9 Å². The molecule has 0 bridgehead atoms. The molecule has 6 nitrogen and oxygen atoms in total. The number of halogens is 2. The van der Waals surface area contributed by atoms with E-state index < -0.39 is 0 Å². The molecule has 126 valence electrons. The van der Waals surface area contributed by atoms with Gasteiger partial charge in [0.05, 0.1) is 27.4 Å². The molecule has 0 saturated heterocycles. The van der Waals surface area contributed by atoms with Gasteiger partial charge in [-0.05, 0) is 59.8 Å². The zero-order valence-corrected chi connectivity index (χ0v) is 17.1. The zero-order chi connectivity index (χ0) is 17.1. The van der Waals surface area contributed by atoms with Crippen LogP contribution in [0.3, 0.4) is 0 Å². The van der Waals surface area contributed by atoms with Gasteiger partial charge in [0.25, 0.3) is 0 Å². The largest absolute Gasteiger partial charge is 0.348 e. The van der Waals surface area contributed by atoms with E-state index in [4.69, 9.17) is 5.10 Å². The number of hydrogen-bond acceptors (Lipinski definition) is 4. The van der Waals surface area contributed by atoms with Crippen molar-refractivity contribution in [3.8, 4) is 0 Å². The van der Waals surface area contributed by atoms with Crippen molar-refractivity contribution in [1.29, 1.82) is 0 Å². The molecule has 1 aromatic carbocycles. The van der Waals surface area contributed by atoms with Crippen LogP contribution in [0.15, 0.2) is 41.1 Å². The summed E-state index contributed by atoms with van der Waals surface area (Å²) in [5.41, 5.74) is 3.18. The predicted molar refractivity (Wildman–Crippen MR) is 109 cm³/mol. The summed E-state index contributed by atoms with van der Waals surface area (Å²) < 4.78 is 6.25. The minimum atomic E-state index is 0.285. The van der Waals surface area contributed by atoms with Gasteiger partial charge in [-0.3, -0.25) is 4.68 Å². The molecule has 0 unspecified atom stereocenters. The second-order valence-corrected chi connectivity index (χ2v) is 8.40. The van der Waals surface area contributed by atoms with Gasteiger partial charge in [0, 0.05) is 16.4 Å². The highest BCUT2D eigenvalue weighted by atomic mass is 127. The van der Waals surface area contributed by atoms with E-state index in [1.54, 1.807) is 6.33 Å². The fourth-order valence-electron chi connectivity index (χ4n) is 3.57. The van der Waals surface area contributed by atoms with Gasteiger partial charge in [-0.2, -0.15) is 14.7 Å². The van der Waals surface area contributed by atoms with E-state index in [0.717, 1.165) is 38.1 Å². The fourth-order valence-corrected chi connectivity index (χ4v) is 4.47. The monoisotopic (exact) mass is 508 g/mol. The molecule has 0 amide bonds. The Hall–Kier alpha value is -1.68. The Balaban J connectivity index is 1.65. The van der Waals surface area contributed by atoms with Gasteiger partial charge in [-0.25, -0.2) is 4.98 Å². The molecule has 0 spiro atoms. The van der Waals surface area contributed by atoms with Gasteiger partial charge in [0.1, 0.15) is 12.1 Å². The van der Waals surface area contributed by atoms with Crippen LogP contribution in [0.1, 0.15) is 18.7 Å². The number of benzene rings is 1. The number of anilines is 1. The zero-order valence-electron chi connectivity index (χ0n) is 13.4. The first-order chi connectivity index (χ1) is 12.1. The van der Waals surface area contributed by atoms with Crippen LogP contribution in [-0.4, -0.2) is 30.9 Å². The number of hydrogen-bond donors (Lipinski definition) is 0. The Morgan fingerprint density at radius 3 is 3.00 bits per heavy atom. The quantitative estimate of drug-likeness (QED) is 0.364. The van der Waals surface area contributed by atoms with Crippen molar-refractivity contribution in [1.82, 2.24) is 24.4 Å². The van der Waals surface area contributed by atoms with Gasteiger partial charge >= 0.3 is 0 Å². The van der Waals surface area contributed by atoms with Crippen LogP contribution in [0, 0.1) is 3.57 Å². The predicted octanol–water partition coefficient (Wildman–Crippen LogP) is 4.03. The molecule has 8 heteroatoms. The van der Waals surface area contributed by atoms with Crippen molar-refractivity contribution < 1.29 is 0 Å². The summed E-state index contributed by atoms with van der Waals surface area (Å²) in [4.78, 5) is 6.74. The maximum Gasteiger partial charge on any atom is 0.170 e. The molecule has 4 aromatic rings. The van der Waals surface area contributed by atoms with Gasteiger partial charge in [-0.15, -0.1) is 0 Å². The Morgan fingerprint density at radius 2 is 2.12 bits per heavy atom. The van der Waals surface area contributed by atoms with Crippen LogP contribution in [0.2, 0.25) is 0 Å². The van der Waals surface area contributed by atoms with E-state index in [1.807, 2.05) is 4.52 Å². The van der Waals surface area contributed by atoms with Crippen molar-refractivity contribution in [3.63, 3.8) is 0 Å². The summed E-state index contributed by atoms with van der Waals surface area (Å²) in [6.07, 6.45) is 1.62. The lowest BCUT2D eigenvalue weighted by atomic mass is 10.1. The summed E-state index contributed by atoms with van der Waals surface area (Å²) in [6, 6.07) is 10.8. The van der Waals surface area contributed by atoms with Crippen molar-refractivity contribution in [2.24, 2.45) is 0 Å². The molecular formula is C17H14BrIN6. The van der Waals surface area contributed by atoms with E-state index in [2.05, 4.69) is 95.4 Å². The number of aromatic nitrogens is 5. The highest BCUT2D eigenvalue weighted by Crippen LogP contribution is 2.32. The summed E-state index contributed by atoms with van der Waals surface area (Å²) in [6.45, 7) is 3.90. The first-order valence-electron chi connectivity index (χ1n) is 8.01. The molecule has 0 aliphatic carbocycles. The molecule has 0 N–H and O–H groups in total. The number of fused-ring (bicyclic) bond motifs is 4. The smallest absolute Gasteiger partial charge is 0.170 e. The molecule has 1 atom stereocenters. The maximum absolute atomic E-state index is 4.81. The van der Waals surface area contributed by atoms with E-state index in [0.29, 0.717) is 0 Å². The molecular weight excluding hydrogens is 495 g/mol. The Bertz CT molecular complexity index is 1120. The molecule has 1 aliphatic heterocycles. The standard InChI is InChI=1S/C17H14BrIN6/c1-10-7-23(16-5-4-13(19)17-20-9-21-25(16)17)8-15-12-3-2-11(18)6-14(12)22-24(10)15/h2-6,9-10H,7-8H2,1H3/t10-/m1/s1. The van der Waals surface area contributed by atoms with E-state index in [9.17, 15) is 0 Å². The molecule has 0 radical (unpaired) electrons. The van der Waals surface area contributed by atoms with E-state index in [1.165, 1.54) is 11.1 Å². The second kappa shape index (κ2) is 5.66. The van der Waals surface area contributed by atoms with E-state index in [-0.39, 0.29) is 6.04 Å². The van der Waals surface area contributed by atoms with Crippen LogP contribution in [0.25, 0.3) is 16.6 Å². The molecule has 3 aromatic heterocycles. The first-order valence-corrected chi connectivity index (χ1v) is 9.89. The lowest BCUT2D eigenvalue weighted by Gasteiger charge is -2.33. The van der Waals surface area contributed by atoms with Crippen LogP contribution in [-0.2, 0) is 6.54 Å². The molecule has 25 heavy (non-hydrogen) atoms. The summed E-state index contributed by atoms with van der Waals surface area (Å²) in [5, 5.41) is 10.4. The van der Waals surface area contributed by atoms with Gasteiger partial charge < -0.3 is 4.90 Å². The molecule has 1 aliphatic rings. The Kier molecular flexibility index (Phi) is 3.53. The van der Waals surface area contributed by atoms with E-state index >= 15 is 0 Å². The lowest BCUT2D eigenvalue weighted by molar-refractivity contribution is 0.427. The van der Waals surface area contributed by atoms with Crippen molar-refractivity contribution in [3.05, 3.63) is 50.4 Å². The van der Waals surface area contributed by atoms with Crippen LogP contribution < -0.4 is 4.90 Å². The summed E-state index contributed by atoms with van der Waals surface area (Å²) in [7, 11) is 0. The first kappa shape index (κ1) is 15.6. The third-order valence-corrected chi connectivity index (χ3v) is 6.02. The summed E-state index contributed by atoms with van der Waals surface area (Å²) >= 11 is 5.84.